The van der Waals surface area contributed by atoms with E-state index in [-0.39, 0.29) is 0 Å². The van der Waals surface area contributed by atoms with Crippen molar-refractivity contribution in [2.45, 2.75) is 51.6 Å². The molecule has 21 heavy (non-hydrogen) atoms. The van der Waals surface area contributed by atoms with E-state index >= 15 is 0 Å². The molecule has 0 bridgehead atoms. The Hall–Kier alpha value is -0.160. The molecule has 3 heterocycles. The number of rotatable bonds is 5. The van der Waals surface area contributed by atoms with Crippen LogP contribution in [0.1, 0.15) is 39.5 Å². The number of ether oxygens (including phenoxy) is 1. The van der Waals surface area contributed by atoms with Crippen molar-refractivity contribution < 1.29 is 4.74 Å². The molecule has 122 valence electrons. The lowest BCUT2D eigenvalue weighted by Crippen LogP contribution is -2.56. The van der Waals surface area contributed by atoms with E-state index in [0.29, 0.717) is 11.5 Å². The third kappa shape index (κ3) is 3.98. The molecule has 3 aliphatic heterocycles. The number of nitrogens with zero attached hydrogens (tertiary/aromatic N) is 2. The summed E-state index contributed by atoms with van der Waals surface area (Å²) in [5.41, 5.74) is 0.337. The highest BCUT2D eigenvalue weighted by Crippen LogP contribution is 2.31. The summed E-state index contributed by atoms with van der Waals surface area (Å²) in [6.07, 6.45) is 5.35. The molecule has 0 aromatic heterocycles. The van der Waals surface area contributed by atoms with E-state index in [1.807, 2.05) is 0 Å². The SMILES string of the molecule is CC(C)NCC1(CN2CCN3CCCC3C2)CCCOC1. The van der Waals surface area contributed by atoms with Gasteiger partial charge in [-0.3, -0.25) is 9.80 Å². The molecule has 0 saturated carbocycles. The van der Waals surface area contributed by atoms with Crippen LogP contribution in [-0.2, 0) is 4.74 Å². The zero-order valence-corrected chi connectivity index (χ0v) is 13.9. The minimum atomic E-state index is 0.337. The molecule has 2 unspecified atom stereocenters. The summed E-state index contributed by atoms with van der Waals surface area (Å²) in [6.45, 7) is 13.9. The lowest BCUT2D eigenvalue weighted by molar-refractivity contribution is -0.0369. The second-order valence-corrected chi connectivity index (χ2v) is 7.76. The summed E-state index contributed by atoms with van der Waals surface area (Å²) >= 11 is 0. The van der Waals surface area contributed by atoms with Crippen LogP contribution < -0.4 is 5.32 Å². The van der Waals surface area contributed by atoms with Crippen LogP contribution in [0.3, 0.4) is 0 Å². The van der Waals surface area contributed by atoms with Gasteiger partial charge in [-0.1, -0.05) is 13.8 Å². The van der Waals surface area contributed by atoms with Gasteiger partial charge in [0, 0.05) is 56.8 Å². The standard InChI is InChI=1S/C17H33N3O/c1-15(2)18-12-17(6-4-10-21-14-17)13-19-8-9-20-7-3-5-16(20)11-19/h15-16,18H,3-14H2,1-2H3. The van der Waals surface area contributed by atoms with Gasteiger partial charge in [-0.05, 0) is 32.2 Å². The van der Waals surface area contributed by atoms with E-state index in [4.69, 9.17) is 4.74 Å². The molecule has 0 aromatic carbocycles. The van der Waals surface area contributed by atoms with Crippen molar-refractivity contribution >= 4 is 0 Å². The first kappa shape index (κ1) is 15.7. The molecule has 3 fully saturated rings. The molecule has 2 atom stereocenters. The summed E-state index contributed by atoms with van der Waals surface area (Å²) in [5, 5.41) is 3.67. The normalized spacial score (nSPS) is 35.3. The fraction of sp³-hybridized carbons (Fsp3) is 1.00. The van der Waals surface area contributed by atoms with Gasteiger partial charge in [0.15, 0.2) is 0 Å². The monoisotopic (exact) mass is 295 g/mol. The molecular formula is C17H33N3O. The quantitative estimate of drug-likeness (QED) is 0.833. The Morgan fingerprint density at radius 2 is 2.14 bits per heavy atom. The third-order valence-corrected chi connectivity index (χ3v) is 5.52. The van der Waals surface area contributed by atoms with Gasteiger partial charge in [-0.2, -0.15) is 0 Å². The van der Waals surface area contributed by atoms with E-state index in [1.165, 1.54) is 58.4 Å². The van der Waals surface area contributed by atoms with Crippen LogP contribution in [0.15, 0.2) is 0 Å². The maximum Gasteiger partial charge on any atom is 0.0546 e. The highest BCUT2D eigenvalue weighted by molar-refractivity contribution is 4.92. The molecule has 4 nitrogen and oxygen atoms in total. The highest BCUT2D eigenvalue weighted by atomic mass is 16.5. The Morgan fingerprint density at radius 1 is 1.24 bits per heavy atom. The molecule has 0 radical (unpaired) electrons. The van der Waals surface area contributed by atoms with Crippen LogP contribution in [0.25, 0.3) is 0 Å². The van der Waals surface area contributed by atoms with Crippen molar-refractivity contribution in [3.05, 3.63) is 0 Å². The Morgan fingerprint density at radius 3 is 2.90 bits per heavy atom. The number of fused-ring (bicyclic) bond motifs is 1. The molecule has 3 saturated heterocycles. The predicted molar refractivity (Wildman–Crippen MR) is 86.7 cm³/mol. The van der Waals surface area contributed by atoms with Gasteiger partial charge in [-0.15, -0.1) is 0 Å². The fourth-order valence-electron chi connectivity index (χ4n) is 4.32. The van der Waals surface area contributed by atoms with Gasteiger partial charge in [0.05, 0.1) is 6.61 Å². The lowest BCUT2D eigenvalue weighted by Gasteiger charge is -2.45. The summed E-state index contributed by atoms with van der Waals surface area (Å²) in [7, 11) is 0. The maximum absolute atomic E-state index is 5.87. The summed E-state index contributed by atoms with van der Waals surface area (Å²) < 4.78 is 5.87. The van der Waals surface area contributed by atoms with Crippen molar-refractivity contribution in [1.29, 1.82) is 0 Å². The maximum atomic E-state index is 5.87. The number of hydrogen-bond acceptors (Lipinski definition) is 4. The topological polar surface area (TPSA) is 27.7 Å². The summed E-state index contributed by atoms with van der Waals surface area (Å²) in [6, 6.07) is 1.40. The van der Waals surface area contributed by atoms with Crippen LogP contribution in [-0.4, -0.2) is 74.4 Å². The molecule has 0 aromatic rings. The number of hydrogen-bond donors (Lipinski definition) is 1. The van der Waals surface area contributed by atoms with Gasteiger partial charge in [0.1, 0.15) is 0 Å². The first-order valence-electron chi connectivity index (χ1n) is 8.94. The van der Waals surface area contributed by atoms with E-state index in [9.17, 15) is 0 Å². The molecule has 1 N–H and O–H groups in total. The van der Waals surface area contributed by atoms with Gasteiger partial charge < -0.3 is 10.1 Å². The Kier molecular flexibility index (Phi) is 5.20. The van der Waals surface area contributed by atoms with Crippen LogP contribution in [0.2, 0.25) is 0 Å². The van der Waals surface area contributed by atoms with Crippen LogP contribution >= 0.6 is 0 Å². The zero-order chi connectivity index (χ0) is 14.7. The first-order chi connectivity index (χ1) is 10.2. The smallest absolute Gasteiger partial charge is 0.0546 e. The van der Waals surface area contributed by atoms with Crippen LogP contribution in [0, 0.1) is 5.41 Å². The molecular weight excluding hydrogens is 262 g/mol. The average molecular weight is 295 g/mol. The van der Waals surface area contributed by atoms with Crippen molar-refractivity contribution in [3.8, 4) is 0 Å². The molecule has 3 aliphatic rings. The molecule has 0 spiro atoms. The van der Waals surface area contributed by atoms with Gasteiger partial charge >= 0.3 is 0 Å². The van der Waals surface area contributed by atoms with Crippen molar-refractivity contribution in [3.63, 3.8) is 0 Å². The van der Waals surface area contributed by atoms with Crippen LogP contribution in [0.4, 0.5) is 0 Å². The predicted octanol–water partition coefficient (Wildman–Crippen LogP) is 1.56. The van der Waals surface area contributed by atoms with E-state index in [1.54, 1.807) is 0 Å². The Labute approximate surface area is 130 Å². The van der Waals surface area contributed by atoms with Gasteiger partial charge in [0.2, 0.25) is 0 Å². The summed E-state index contributed by atoms with van der Waals surface area (Å²) in [4.78, 5) is 5.43. The van der Waals surface area contributed by atoms with Crippen molar-refractivity contribution in [2.24, 2.45) is 5.41 Å². The van der Waals surface area contributed by atoms with E-state index in [2.05, 4.69) is 29.0 Å². The summed E-state index contributed by atoms with van der Waals surface area (Å²) in [5.74, 6) is 0. The van der Waals surface area contributed by atoms with Gasteiger partial charge in [-0.25, -0.2) is 0 Å². The fourth-order valence-corrected chi connectivity index (χ4v) is 4.32. The minimum Gasteiger partial charge on any atom is -0.381 e. The zero-order valence-electron chi connectivity index (χ0n) is 13.9. The van der Waals surface area contributed by atoms with E-state index in [0.717, 1.165) is 25.8 Å². The van der Waals surface area contributed by atoms with Crippen molar-refractivity contribution in [2.75, 3.05) is 52.5 Å². The Bertz CT molecular complexity index is 328. The van der Waals surface area contributed by atoms with Crippen molar-refractivity contribution in [1.82, 2.24) is 15.1 Å². The second kappa shape index (κ2) is 6.95. The average Bonchev–Trinajstić information content (AvgIpc) is 2.94. The lowest BCUT2D eigenvalue weighted by atomic mass is 9.81. The largest absolute Gasteiger partial charge is 0.381 e. The molecule has 3 rings (SSSR count). The number of piperazine rings is 1. The minimum absolute atomic E-state index is 0.337. The Balaban J connectivity index is 1.58. The van der Waals surface area contributed by atoms with Crippen LogP contribution in [0.5, 0.6) is 0 Å². The molecule has 0 aliphatic carbocycles. The number of nitrogens with one attached hydrogen (secondary N) is 1. The molecule has 0 amide bonds. The van der Waals surface area contributed by atoms with Gasteiger partial charge in [0.25, 0.3) is 0 Å². The second-order valence-electron chi connectivity index (χ2n) is 7.76. The van der Waals surface area contributed by atoms with E-state index < -0.39 is 0 Å². The highest BCUT2D eigenvalue weighted by Gasteiger charge is 2.38. The third-order valence-electron chi connectivity index (χ3n) is 5.52. The first-order valence-corrected chi connectivity index (χ1v) is 8.94. The molecule has 4 heteroatoms.